The third-order valence-corrected chi connectivity index (χ3v) is 3.66. The standard InChI is InChI=1S/C14H19BrFNO2/c1-14(2,3)17(7-6-13(18)19)9-10-4-5-11(16)8-12(10)15/h4-5,8H,6-7,9H2,1-3H3,(H,18,19). The Balaban J connectivity index is 2.85. The summed E-state index contributed by atoms with van der Waals surface area (Å²) in [6.45, 7) is 7.14. The molecule has 0 spiro atoms. The number of nitrogens with zero attached hydrogens (tertiary/aromatic N) is 1. The average molecular weight is 332 g/mol. The van der Waals surface area contributed by atoms with Crippen molar-refractivity contribution in [1.82, 2.24) is 4.90 Å². The van der Waals surface area contributed by atoms with E-state index in [9.17, 15) is 9.18 Å². The first-order valence-electron chi connectivity index (χ1n) is 6.11. The second-order valence-corrected chi connectivity index (χ2v) is 6.33. The summed E-state index contributed by atoms with van der Waals surface area (Å²) in [5, 5.41) is 8.80. The van der Waals surface area contributed by atoms with Gasteiger partial charge >= 0.3 is 5.97 Å². The molecule has 0 unspecified atom stereocenters. The topological polar surface area (TPSA) is 40.5 Å². The van der Waals surface area contributed by atoms with Gasteiger partial charge in [0.05, 0.1) is 6.42 Å². The van der Waals surface area contributed by atoms with Crippen molar-refractivity contribution >= 4 is 21.9 Å². The Morgan fingerprint density at radius 1 is 1.42 bits per heavy atom. The molecule has 1 N–H and O–H groups in total. The van der Waals surface area contributed by atoms with E-state index in [4.69, 9.17) is 5.11 Å². The fourth-order valence-corrected chi connectivity index (χ4v) is 2.21. The number of hydrogen-bond donors (Lipinski definition) is 1. The van der Waals surface area contributed by atoms with E-state index in [0.717, 1.165) is 5.56 Å². The highest BCUT2D eigenvalue weighted by Crippen LogP contribution is 2.23. The van der Waals surface area contributed by atoms with Gasteiger partial charge in [-0.25, -0.2) is 4.39 Å². The summed E-state index contributed by atoms with van der Waals surface area (Å²) in [7, 11) is 0. The number of halogens is 2. The molecule has 0 saturated heterocycles. The van der Waals surface area contributed by atoms with E-state index in [2.05, 4.69) is 20.8 Å². The van der Waals surface area contributed by atoms with Gasteiger partial charge in [0.15, 0.2) is 0 Å². The molecule has 0 amide bonds. The smallest absolute Gasteiger partial charge is 0.304 e. The fraction of sp³-hybridized carbons (Fsp3) is 0.500. The number of carboxylic acids is 1. The molecule has 0 fully saturated rings. The molecule has 0 aliphatic rings. The maximum absolute atomic E-state index is 13.1. The van der Waals surface area contributed by atoms with Crippen molar-refractivity contribution in [2.24, 2.45) is 0 Å². The molecule has 5 heteroatoms. The van der Waals surface area contributed by atoms with Crippen molar-refractivity contribution < 1.29 is 14.3 Å². The number of hydrogen-bond acceptors (Lipinski definition) is 2. The summed E-state index contributed by atoms with van der Waals surface area (Å²) in [5.41, 5.74) is 0.797. The summed E-state index contributed by atoms with van der Waals surface area (Å²) < 4.78 is 13.8. The molecule has 0 aliphatic heterocycles. The van der Waals surface area contributed by atoms with Crippen molar-refractivity contribution in [3.05, 3.63) is 34.1 Å². The first-order chi connectivity index (χ1) is 8.70. The van der Waals surface area contributed by atoms with E-state index in [0.29, 0.717) is 17.6 Å². The monoisotopic (exact) mass is 331 g/mol. The Labute approximate surface area is 121 Å². The zero-order valence-electron chi connectivity index (χ0n) is 11.4. The highest BCUT2D eigenvalue weighted by atomic mass is 79.9. The van der Waals surface area contributed by atoms with Crippen LogP contribution in [0.25, 0.3) is 0 Å². The number of rotatable bonds is 5. The molecule has 1 aromatic rings. The summed E-state index contributed by atoms with van der Waals surface area (Å²) in [5.74, 6) is -1.10. The van der Waals surface area contributed by atoms with Crippen molar-refractivity contribution in [3.63, 3.8) is 0 Å². The van der Waals surface area contributed by atoms with Gasteiger partial charge in [-0.05, 0) is 38.5 Å². The normalized spacial score (nSPS) is 11.9. The molecule has 0 atom stereocenters. The lowest BCUT2D eigenvalue weighted by Gasteiger charge is -2.35. The zero-order chi connectivity index (χ0) is 14.6. The van der Waals surface area contributed by atoms with Crippen LogP contribution in [0, 0.1) is 5.82 Å². The first-order valence-corrected chi connectivity index (χ1v) is 6.90. The number of carbonyl (C=O) groups is 1. The fourth-order valence-electron chi connectivity index (χ4n) is 1.74. The average Bonchev–Trinajstić information content (AvgIpc) is 2.24. The SMILES string of the molecule is CC(C)(C)N(CCC(=O)O)Cc1ccc(F)cc1Br. The van der Waals surface area contributed by atoms with Crippen LogP contribution in [-0.2, 0) is 11.3 Å². The first kappa shape index (κ1) is 16.1. The zero-order valence-corrected chi connectivity index (χ0v) is 13.0. The van der Waals surface area contributed by atoms with Crippen molar-refractivity contribution in [2.45, 2.75) is 39.3 Å². The van der Waals surface area contributed by atoms with E-state index in [1.807, 2.05) is 20.8 Å². The Morgan fingerprint density at radius 2 is 2.05 bits per heavy atom. The highest BCUT2D eigenvalue weighted by molar-refractivity contribution is 9.10. The maximum atomic E-state index is 13.1. The van der Waals surface area contributed by atoms with E-state index >= 15 is 0 Å². The predicted molar refractivity (Wildman–Crippen MR) is 76.5 cm³/mol. The molecule has 106 valence electrons. The molecule has 0 aliphatic carbocycles. The minimum atomic E-state index is -0.813. The Hall–Kier alpha value is -0.940. The van der Waals surface area contributed by atoms with Gasteiger partial charge in [0, 0.05) is 23.1 Å². The molecule has 0 aromatic heterocycles. The lowest BCUT2D eigenvalue weighted by Crippen LogP contribution is -2.42. The molecule has 3 nitrogen and oxygen atoms in total. The lowest BCUT2D eigenvalue weighted by atomic mass is 10.0. The Bertz CT molecular complexity index is 457. The molecular formula is C14H19BrFNO2. The summed E-state index contributed by atoms with van der Waals surface area (Å²) in [6, 6.07) is 4.56. The summed E-state index contributed by atoms with van der Waals surface area (Å²) in [6.07, 6.45) is 0.0933. The van der Waals surface area contributed by atoms with Gasteiger partial charge in [-0.3, -0.25) is 9.69 Å². The van der Waals surface area contributed by atoms with Gasteiger partial charge < -0.3 is 5.11 Å². The largest absolute Gasteiger partial charge is 0.481 e. The van der Waals surface area contributed by atoms with Crippen LogP contribution in [0.2, 0.25) is 0 Å². The van der Waals surface area contributed by atoms with Crippen LogP contribution in [0.3, 0.4) is 0 Å². The molecular weight excluding hydrogens is 313 g/mol. The van der Waals surface area contributed by atoms with Gasteiger partial charge in [-0.2, -0.15) is 0 Å². The van der Waals surface area contributed by atoms with E-state index in [1.54, 1.807) is 6.07 Å². The van der Waals surface area contributed by atoms with Crippen LogP contribution in [0.15, 0.2) is 22.7 Å². The quantitative estimate of drug-likeness (QED) is 0.894. The van der Waals surface area contributed by atoms with Crippen molar-refractivity contribution in [1.29, 1.82) is 0 Å². The number of aliphatic carboxylic acids is 1. The van der Waals surface area contributed by atoms with Crippen LogP contribution in [0.4, 0.5) is 4.39 Å². The molecule has 1 rings (SSSR count). The van der Waals surface area contributed by atoms with Crippen LogP contribution < -0.4 is 0 Å². The van der Waals surface area contributed by atoms with Crippen LogP contribution in [-0.4, -0.2) is 28.1 Å². The number of carboxylic acid groups (broad SMARTS) is 1. The second-order valence-electron chi connectivity index (χ2n) is 5.47. The van der Waals surface area contributed by atoms with Crippen LogP contribution >= 0.6 is 15.9 Å². The predicted octanol–water partition coefficient (Wildman–Crippen LogP) is 3.66. The molecule has 0 heterocycles. The van der Waals surface area contributed by atoms with Gasteiger partial charge in [-0.1, -0.05) is 22.0 Å². The van der Waals surface area contributed by atoms with Gasteiger partial charge in [-0.15, -0.1) is 0 Å². The van der Waals surface area contributed by atoms with E-state index in [1.165, 1.54) is 12.1 Å². The molecule has 0 radical (unpaired) electrons. The van der Waals surface area contributed by atoms with Crippen LogP contribution in [0.5, 0.6) is 0 Å². The number of benzene rings is 1. The lowest BCUT2D eigenvalue weighted by molar-refractivity contribution is -0.137. The molecule has 19 heavy (non-hydrogen) atoms. The molecule has 0 bridgehead atoms. The van der Waals surface area contributed by atoms with Gasteiger partial charge in [0.1, 0.15) is 5.82 Å². The molecule has 0 saturated carbocycles. The van der Waals surface area contributed by atoms with Gasteiger partial charge in [0.2, 0.25) is 0 Å². The summed E-state index contributed by atoms with van der Waals surface area (Å²) >= 11 is 3.34. The van der Waals surface area contributed by atoms with Crippen LogP contribution in [0.1, 0.15) is 32.8 Å². The van der Waals surface area contributed by atoms with Gasteiger partial charge in [0.25, 0.3) is 0 Å². The summed E-state index contributed by atoms with van der Waals surface area (Å²) in [4.78, 5) is 12.8. The maximum Gasteiger partial charge on any atom is 0.304 e. The van der Waals surface area contributed by atoms with Crippen molar-refractivity contribution in [3.8, 4) is 0 Å². The van der Waals surface area contributed by atoms with E-state index in [-0.39, 0.29) is 17.8 Å². The highest BCUT2D eigenvalue weighted by Gasteiger charge is 2.22. The third-order valence-electron chi connectivity index (χ3n) is 2.92. The Kier molecular flexibility index (Phi) is 5.50. The minimum absolute atomic E-state index is 0.0933. The molecule has 1 aromatic carbocycles. The minimum Gasteiger partial charge on any atom is -0.481 e. The second kappa shape index (κ2) is 6.48. The van der Waals surface area contributed by atoms with Crippen molar-refractivity contribution in [2.75, 3.05) is 6.54 Å². The Morgan fingerprint density at radius 3 is 2.53 bits per heavy atom. The van der Waals surface area contributed by atoms with E-state index < -0.39 is 5.97 Å². The third kappa shape index (κ3) is 5.28.